The molecule has 88 valence electrons. The molecule has 1 saturated heterocycles. The van der Waals surface area contributed by atoms with Crippen molar-refractivity contribution in [1.29, 1.82) is 0 Å². The third-order valence-electron chi connectivity index (χ3n) is 2.86. The normalized spacial score (nSPS) is 20.8. The van der Waals surface area contributed by atoms with Gasteiger partial charge >= 0.3 is 0 Å². The topological polar surface area (TPSA) is 49.8 Å². The maximum Gasteiger partial charge on any atom is 0.224 e. The van der Waals surface area contributed by atoms with E-state index in [0.717, 1.165) is 25.2 Å². The van der Waals surface area contributed by atoms with Crippen LogP contribution in [-0.2, 0) is 0 Å². The minimum Gasteiger partial charge on any atom is -0.354 e. The van der Waals surface area contributed by atoms with E-state index >= 15 is 0 Å². The molecule has 5 heteroatoms. The summed E-state index contributed by atoms with van der Waals surface area (Å²) in [7, 11) is 0. The number of piperidine rings is 1. The predicted molar refractivity (Wildman–Crippen MR) is 65.9 cm³/mol. The number of nitrogens with one attached hydrogen (secondary N) is 2. The van der Waals surface area contributed by atoms with E-state index in [1.165, 1.54) is 12.8 Å². The quantitative estimate of drug-likeness (QED) is 0.792. The lowest BCUT2D eigenvalue weighted by atomic mass is 10.00. The molecule has 16 heavy (non-hydrogen) atoms. The zero-order valence-corrected chi connectivity index (χ0v) is 10.2. The molecule has 0 radical (unpaired) electrons. The molecule has 1 fully saturated rings. The van der Waals surface area contributed by atoms with E-state index in [9.17, 15) is 0 Å². The number of hydrogen-bond donors (Lipinski definition) is 2. The van der Waals surface area contributed by atoms with Crippen LogP contribution in [0.2, 0.25) is 5.15 Å². The van der Waals surface area contributed by atoms with Crippen LogP contribution < -0.4 is 10.6 Å². The van der Waals surface area contributed by atoms with Crippen molar-refractivity contribution in [3.8, 4) is 0 Å². The maximum atomic E-state index is 5.93. The first-order valence-electron chi connectivity index (χ1n) is 5.69. The standard InChI is InChI=1S/C11H17ClN4/c1-8-5-14-11(16-10(8)12)15-7-9-3-2-4-13-6-9/h5,9,13H,2-4,6-7H2,1H3,(H,14,15,16). The highest BCUT2D eigenvalue weighted by Gasteiger charge is 2.12. The molecule has 0 amide bonds. The second kappa shape index (κ2) is 5.46. The molecule has 0 bridgehead atoms. The number of halogens is 1. The number of aryl methyl sites for hydroxylation is 1. The summed E-state index contributed by atoms with van der Waals surface area (Å²) in [5.74, 6) is 1.29. The Labute approximate surface area is 101 Å². The summed E-state index contributed by atoms with van der Waals surface area (Å²) in [4.78, 5) is 8.38. The van der Waals surface area contributed by atoms with Crippen molar-refractivity contribution < 1.29 is 0 Å². The fraction of sp³-hybridized carbons (Fsp3) is 0.636. The second-order valence-electron chi connectivity index (χ2n) is 4.26. The highest BCUT2D eigenvalue weighted by atomic mass is 35.5. The molecule has 4 nitrogen and oxygen atoms in total. The zero-order chi connectivity index (χ0) is 11.4. The third-order valence-corrected chi connectivity index (χ3v) is 3.24. The number of aromatic nitrogens is 2. The summed E-state index contributed by atoms with van der Waals surface area (Å²) in [5.41, 5.74) is 0.909. The van der Waals surface area contributed by atoms with Gasteiger partial charge in [0.05, 0.1) is 0 Å². The Morgan fingerprint density at radius 1 is 1.62 bits per heavy atom. The molecule has 0 spiro atoms. The average molecular weight is 241 g/mol. The van der Waals surface area contributed by atoms with Crippen LogP contribution in [0.3, 0.4) is 0 Å². The summed E-state index contributed by atoms with van der Waals surface area (Å²) in [6.45, 7) is 5.03. The molecule has 1 unspecified atom stereocenters. The fourth-order valence-electron chi connectivity index (χ4n) is 1.84. The smallest absolute Gasteiger partial charge is 0.224 e. The average Bonchev–Trinajstić information content (AvgIpc) is 2.32. The lowest BCUT2D eigenvalue weighted by Crippen LogP contribution is -2.33. The van der Waals surface area contributed by atoms with Gasteiger partial charge in [-0.15, -0.1) is 0 Å². The Morgan fingerprint density at radius 3 is 3.19 bits per heavy atom. The summed E-state index contributed by atoms with van der Waals surface area (Å²) in [6.07, 6.45) is 4.26. The van der Waals surface area contributed by atoms with E-state index < -0.39 is 0 Å². The van der Waals surface area contributed by atoms with Gasteiger partial charge in [-0.25, -0.2) is 9.97 Å². The van der Waals surface area contributed by atoms with Gasteiger partial charge in [0.1, 0.15) is 5.15 Å². The monoisotopic (exact) mass is 240 g/mol. The molecule has 0 saturated carbocycles. The van der Waals surface area contributed by atoms with E-state index in [2.05, 4.69) is 20.6 Å². The third kappa shape index (κ3) is 3.06. The number of nitrogens with zero attached hydrogens (tertiary/aromatic N) is 2. The Morgan fingerprint density at radius 2 is 2.50 bits per heavy atom. The molecule has 0 aromatic carbocycles. The number of rotatable bonds is 3. The van der Waals surface area contributed by atoms with E-state index in [1.807, 2.05) is 6.92 Å². The molecule has 0 aliphatic carbocycles. The van der Waals surface area contributed by atoms with Gasteiger partial charge in [-0.05, 0) is 38.8 Å². The number of anilines is 1. The van der Waals surface area contributed by atoms with Gasteiger partial charge in [-0.2, -0.15) is 0 Å². The second-order valence-corrected chi connectivity index (χ2v) is 4.62. The van der Waals surface area contributed by atoms with Crippen molar-refractivity contribution in [3.63, 3.8) is 0 Å². The van der Waals surface area contributed by atoms with Crippen molar-refractivity contribution in [2.75, 3.05) is 25.0 Å². The first-order valence-corrected chi connectivity index (χ1v) is 6.07. The minimum atomic E-state index is 0.527. The molecular formula is C11H17ClN4. The Balaban J connectivity index is 1.86. The van der Waals surface area contributed by atoms with Crippen LogP contribution in [-0.4, -0.2) is 29.6 Å². The molecule has 1 atom stereocenters. The largest absolute Gasteiger partial charge is 0.354 e. The predicted octanol–water partition coefficient (Wildman–Crippen LogP) is 1.85. The summed E-state index contributed by atoms with van der Waals surface area (Å²) < 4.78 is 0. The van der Waals surface area contributed by atoms with Crippen molar-refractivity contribution in [2.45, 2.75) is 19.8 Å². The zero-order valence-electron chi connectivity index (χ0n) is 9.46. The van der Waals surface area contributed by atoms with Gasteiger partial charge in [0.2, 0.25) is 5.95 Å². The highest BCUT2D eigenvalue weighted by Crippen LogP contribution is 2.14. The van der Waals surface area contributed by atoms with Crippen molar-refractivity contribution in [3.05, 3.63) is 16.9 Å². The van der Waals surface area contributed by atoms with Crippen LogP contribution >= 0.6 is 11.6 Å². The fourth-order valence-corrected chi connectivity index (χ4v) is 1.97. The highest BCUT2D eigenvalue weighted by molar-refractivity contribution is 6.30. The van der Waals surface area contributed by atoms with Gasteiger partial charge in [0.25, 0.3) is 0 Å². The molecule has 1 aliphatic rings. The summed E-state index contributed by atoms with van der Waals surface area (Å²) in [5, 5.41) is 7.15. The van der Waals surface area contributed by atoms with Crippen molar-refractivity contribution in [2.24, 2.45) is 5.92 Å². The van der Waals surface area contributed by atoms with Gasteiger partial charge in [0, 0.05) is 18.3 Å². The van der Waals surface area contributed by atoms with Crippen LogP contribution in [0.4, 0.5) is 5.95 Å². The van der Waals surface area contributed by atoms with Crippen LogP contribution in [0, 0.1) is 12.8 Å². The molecule has 1 aliphatic heterocycles. The van der Waals surface area contributed by atoms with Gasteiger partial charge in [-0.3, -0.25) is 0 Å². The SMILES string of the molecule is Cc1cnc(NCC2CCCNC2)nc1Cl. The Kier molecular flexibility index (Phi) is 3.96. The Hall–Kier alpha value is -0.870. The van der Waals surface area contributed by atoms with E-state index in [-0.39, 0.29) is 0 Å². The summed E-state index contributed by atoms with van der Waals surface area (Å²) >= 11 is 5.93. The van der Waals surface area contributed by atoms with Gasteiger partial charge < -0.3 is 10.6 Å². The molecule has 1 aromatic heterocycles. The van der Waals surface area contributed by atoms with Gasteiger partial charge in [0.15, 0.2) is 0 Å². The van der Waals surface area contributed by atoms with Crippen LogP contribution in [0.5, 0.6) is 0 Å². The molecule has 2 N–H and O–H groups in total. The summed E-state index contributed by atoms with van der Waals surface area (Å²) in [6, 6.07) is 0. The van der Waals surface area contributed by atoms with Crippen LogP contribution in [0.25, 0.3) is 0 Å². The van der Waals surface area contributed by atoms with Gasteiger partial charge in [-0.1, -0.05) is 11.6 Å². The first-order chi connectivity index (χ1) is 7.75. The molecule has 2 heterocycles. The van der Waals surface area contributed by atoms with E-state index in [1.54, 1.807) is 6.20 Å². The van der Waals surface area contributed by atoms with E-state index in [4.69, 9.17) is 11.6 Å². The lowest BCUT2D eigenvalue weighted by Gasteiger charge is -2.22. The Bertz CT molecular complexity index is 350. The lowest BCUT2D eigenvalue weighted by molar-refractivity contribution is 0.392. The minimum absolute atomic E-state index is 0.527. The van der Waals surface area contributed by atoms with Crippen LogP contribution in [0.15, 0.2) is 6.20 Å². The van der Waals surface area contributed by atoms with Crippen LogP contribution in [0.1, 0.15) is 18.4 Å². The van der Waals surface area contributed by atoms with E-state index in [0.29, 0.717) is 17.0 Å². The molecule has 2 rings (SSSR count). The van der Waals surface area contributed by atoms with Crippen molar-refractivity contribution in [1.82, 2.24) is 15.3 Å². The van der Waals surface area contributed by atoms with Crippen molar-refractivity contribution >= 4 is 17.5 Å². The number of hydrogen-bond acceptors (Lipinski definition) is 4. The molecule has 1 aromatic rings. The maximum absolute atomic E-state index is 5.93. The first kappa shape index (κ1) is 11.6. The molecular weight excluding hydrogens is 224 g/mol.